The third-order valence-electron chi connectivity index (χ3n) is 7.52. The van der Waals surface area contributed by atoms with Crippen LogP contribution in [0.3, 0.4) is 0 Å². The predicted octanol–water partition coefficient (Wildman–Crippen LogP) is 4.42. The van der Waals surface area contributed by atoms with Crippen molar-refractivity contribution >= 4 is 40.5 Å². The van der Waals surface area contributed by atoms with Crippen molar-refractivity contribution in [3.8, 4) is 0 Å². The van der Waals surface area contributed by atoms with Gasteiger partial charge in [-0.1, -0.05) is 12.1 Å². The number of hydrogen-bond acceptors (Lipinski definition) is 4. The number of urea groups is 1. The van der Waals surface area contributed by atoms with Gasteiger partial charge in [-0.2, -0.15) is 0 Å². The molecule has 3 heterocycles. The number of thioether (sulfide) groups is 2. The number of aromatic nitrogens is 1. The lowest BCUT2D eigenvalue weighted by atomic mass is 9.73. The topological polar surface area (TPSA) is 40.5 Å². The summed E-state index contributed by atoms with van der Waals surface area (Å²) >= 11 is 4.21. The summed E-state index contributed by atoms with van der Waals surface area (Å²) in [6.07, 6.45) is 2.15. The first-order valence-corrected chi connectivity index (χ1v) is 13.7. The van der Waals surface area contributed by atoms with Crippen LogP contribution in [-0.2, 0) is 13.5 Å². The number of aryl methyl sites for hydroxylation is 1. The molecular formula is C24H34N4OS2. The number of rotatable bonds is 4. The molecule has 5 nitrogen and oxygen atoms in total. The van der Waals surface area contributed by atoms with Crippen LogP contribution >= 0.6 is 23.5 Å². The van der Waals surface area contributed by atoms with E-state index in [9.17, 15) is 4.79 Å². The van der Waals surface area contributed by atoms with E-state index in [0.29, 0.717) is 16.5 Å². The summed E-state index contributed by atoms with van der Waals surface area (Å²) in [5.41, 5.74) is 6.00. The van der Waals surface area contributed by atoms with Gasteiger partial charge in [-0.05, 0) is 50.9 Å². The van der Waals surface area contributed by atoms with Crippen LogP contribution in [-0.4, -0.2) is 70.7 Å². The highest BCUT2D eigenvalue weighted by molar-refractivity contribution is 8.19. The fourth-order valence-electron chi connectivity index (χ4n) is 6.01. The quantitative estimate of drug-likeness (QED) is 0.736. The summed E-state index contributed by atoms with van der Waals surface area (Å²) in [5.74, 6) is 2.97. The lowest BCUT2D eigenvalue weighted by molar-refractivity contribution is 0.124. The first kappa shape index (κ1) is 21.5. The average Bonchev–Trinajstić information content (AvgIpc) is 3.37. The van der Waals surface area contributed by atoms with Crippen molar-refractivity contribution in [3.63, 3.8) is 0 Å². The monoisotopic (exact) mass is 458 g/mol. The van der Waals surface area contributed by atoms with Crippen molar-refractivity contribution in [1.82, 2.24) is 19.7 Å². The minimum absolute atomic E-state index is 0.0776. The molecule has 1 aromatic heterocycles. The van der Waals surface area contributed by atoms with Gasteiger partial charge in [-0.3, -0.25) is 0 Å². The van der Waals surface area contributed by atoms with Crippen LogP contribution in [0.5, 0.6) is 0 Å². The molecule has 5 rings (SSSR count). The zero-order valence-corrected chi connectivity index (χ0v) is 20.7. The van der Waals surface area contributed by atoms with Crippen LogP contribution < -0.4 is 5.32 Å². The minimum atomic E-state index is 0.0776. The Balaban J connectivity index is 1.50. The standard InChI is InChI=1S/C24H34N4OS2/c1-5-28(6-2)24(29)25-15-12-17-16-8-7-9-19-21(16)18(13-20(17)26(3)14-15)22(27(19)4)23-30-10-11-31-23/h7-9,15,17,20,23H,5-6,10-14H2,1-4H3,(H,25,29)/t15-,17?,20+/m0/s1. The molecule has 7 heteroatoms. The van der Waals surface area contributed by atoms with Crippen molar-refractivity contribution in [3.05, 3.63) is 35.0 Å². The number of carbonyl (C=O) groups is 1. The van der Waals surface area contributed by atoms with E-state index in [1.807, 2.05) is 18.7 Å². The van der Waals surface area contributed by atoms with E-state index in [4.69, 9.17) is 0 Å². The Kier molecular flexibility index (Phi) is 5.95. The highest BCUT2D eigenvalue weighted by atomic mass is 32.2. The Bertz CT molecular complexity index is 980. The van der Waals surface area contributed by atoms with E-state index in [0.717, 1.165) is 32.5 Å². The molecule has 3 aliphatic rings. The summed E-state index contributed by atoms with van der Waals surface area (Å²) in [6.45, 7) is 6.52. The van der Waals surface area contributed by atoms with Crippen LogP contribution in [0.1, 0.15) is 47.6 Å². The van der Waals surface area contributed by atoms with Crippen LogP contribution in [0.25, 0.3) is 10.9 Å². The fraction of sp³-hybridized carbons (Fsp3) is 0.625. The Labute approximate surface area is 194 Å². The van der Waals surface area contributed by atoms with E-state index in [2.05, 4.69) is 70.6 Å². The number of piperidine rings is 1. The number of likely N-dealkylation sites (tertiary alicyclic amines) is 1. The smallest absolute Gasteiger partial charge is 0.317 e. The lowest BCUT2D eigenvalue weighted by Gasteiger charge is -2.46. The van der Waals surface area contributed by atoms with Crippen LogP contribution in [0.15, 0.2) is 18.2 Å². The largest absolute Gasteiger partial charge is 0.346 e. The second-order valence-corrected chi connectivity index (χ2v) is 11.8. The molecule has 0 spiro atoms. The number of hydrogen-bond donors (Lipinski definition) is 1. The zero-order chi connectivity index (χ0) is 21.7. The molecule has 1 aromatic carbocycles. The van der Waals surface area contributed by atoms with Gasteiger partial charge in [0, 0.05) is 72.8 Å². The molecule has 2 saturated heterocycles. The van der Waals surface area contributed by atoms with Gasteiger partial charge >= 0.3 is 6.03 Å². The fourth-order valence-corrected chi connectivity index (χ4v) is 9.09. The third-order valence-corrected chi connectivity index (χ3v) is 10.5. The third kappa shape index (κ3) is 3.57. The van der Waals surface area contributed by atoms with E-state index in [1.54, 1.807) is 11.3 Å². The molecule has 2 amide bonds. The molecule has 0 saturated carbocycles. The molecule has 3 atom stereocenters. The maximum atomic E-state index is 12.7. The van der Waals surface area contributed by atoms with E-state index in [-0.39, 0.29) is 12.1 Å². The van der Waals surface area contributed by atoms with Gasteiger partial charge < -0.3 is 19.7 Å². The normalized spacial score (nSPS) is 26.3. The molecule has 1 aliphatic carbocycles. The van der Waals surface area contributed by atoms with Gasteiger partial charge in [0.1, 0.15) is 0 Å². The molecule has 0 bridgehead atoms. The second kappa shape index (κ2) is 8.56. The van der Waals surface area contributed by atoms with E-state index >= 15 is 0 Å². The number of carbonyl (C=O) groups excluding carboxylic acids is 1. The molecule has 31 heavy (non-hydrogen) atoms. The Morgan fingerprint density at radius 3 is 2.65 bits per heavy atom. The number of amides is 2. The molecule has 2 aliphatic heterocycles. The molecule has 0 radical (unpaired) electrons. The van der Waals surface area contributed by atoms with Crippen LogP contribution in [0, 0.1) is 0 Å². The SMILES string of the molecule is CCN(CC)C(=O)N[C@H]1CC2c3cccc4c3c(c(C3SCCS3)n4C)C[C@H]2N(C)C1. The zero-order valence-electron chi connectivity index (χ0n) is 19.1. The van der Waals surface area contributed by atoms with Crippen molar-refractivity contribution in [2.75, 3.05) is 38.2 Å². The van der Waals surface area contributed by atoms with Gasteiger partial charge in [0.05, 0.1) is 4.58 Å². The number of benzene rings is 1. The Morgan fingerprint density at radius 2 is 1.94 bits per heavy atom. The van der Waals surface area contributed by atoms with E-state index in [1.165, 1.54) is 28.0 Å². The molecule has 1 unspecified atom stereocenters. The Hall–Kier alpha value is -1.31. The van der Waals surface area contributed by atoms with Crippen molar-refractivity contribution in [1.29, 1.82) is 0 Å². The molecule has 2 aromatic rings. The number of nitrogens with one attached hydrogen (secondary N) is 1. The van der Waals surface area contributed by atoms with Gasteiger partial charge in [0.2, 0.25) is 0 Å². The minimum Gasteiger partial charge on any atom is -0.346 e. The summed E-state index contributed by atoms with van der Waals surface area (Å²) in [6, 6.07) is 7.67. The summed E-state index contributed by atoms with van der Waals surface area (Å²) in [5, 5.41) is 4.83. The van der Waals surface area contributed by atoms with Crippen LogP contribution in [0.2, 0.25) is 0 Å². The van der Waals surface area contributed by atoms with Gasteiger partial charge in [-0.25, -0.2) is 4.79 Å². The van der Waals surface area contributed by atoms with Gasteiger partial charge in [-0.15, -0.1) is 23.5 Å². The first-order chi connectivity index (χ1) is 15.0. The van der Waals surface area contributed by atoms with Gasteiger partial charge in [0.25, 0.3) is 0 Å². The van der Waals surface area contributed by atoms with E-state index < -0.39 is 0 Å². The first-order valence-electron chi connectivity index (χ1n) is 11.6. The summed E-state index contributed by atoms with van der Waals surface area (Å²) in [4.78, 5) is 17.1. The summed E-state index contributed by atoms with van der Waals surface area (Å²) in [7, 11) is 4.51. The van der Waals surface area contributed by atoms with Crippen molar-refractivity contribution in [2.24, 2.45) is 7.05 Å². The maximum absolute atomic E-state index is 12.7. The number of likely N-dealkylation sites (N-methyl/N-ethyl adjacent to an activating group) is 1. The maximum Gasteiger partial charge on any atom is 0.317 e. The summed E-state index contributed by atoms with van der Waals surface area (Å²) < 4.78 is 3.04. The lowest BCUT2D eigenvalue weighted by Crippen LogP contribution is -2.56. The predicted molar refractivity (Wildman–Crippen MR) is 133 cm³/mol. The number of fused-ring (bicyclic) bond motifs is 2. The molecule has 1 N–H and O–H groups in total. The Morgan fingerprint density at radius 1 is 1.19 bits per heavy atom. The molecular weight excluding hydrogens is 424 g/mol. The highest BCUT2D eigenvalue weighted by Gasteiger charge is 2.42. The van der Waals surface area contributed by atoms with Crippen molar-refractivity contribution < 1.29 is 4.79 Å². The number of nitrogens with zero attached hydrogens (tertiary/aromatic N) is 3. The molecule has 2 fully saturated rings. The molecule has 168 valence electrons. The van der Waals surface area contributed by atoms with Gasteiger partial charge in [0.15, 0.2) is 0 Å². The van der Waals surface area contributed by atoms with Crippen molar-refractivity contribution in [2.45, 2.75) is 49.3 Å². The highest BCUT2D eigenvalue weighted by Crippen LogP contribution is 2.52. The average molecular weight is 459 g/mol. The second-order valence-electron chi connectivity index (χ2n) is 9.11. The van der Waals surface area contributed by atoms with Crippen LogP contribution in [0.4, 0.5) is 4.79 Å².